The standard InChI is InChI=1S/C17H24N2O/c20-17-13-10-18-8-7-11(13)9-15-16(17)12-5-3-1-2-4-6-14(12)19-15/h11,13,18-19H,1-10H2/t11-,13+/m0/s1. The number of carbonyl (C=O) groups is 1. The van der Waals surface area contributed by atoms with E-state index in [1.165, 1.54) is 42.6 Å². The largest absolute Gasteiger partial charge is 0.361 e. The van der Waals surface area contributed by atoms with Crippen LogP contribution in [-0.2, 0) is 19.3 Å². The maximum Gasteiger partial charge on any atom is 0.169 e. The van der Waals surface area contributed by atoms with Gasteiger partial charge in [-0.25, -0.2) is 0 Å². The SMILES string of the molecule is O=C1c2c([nH]c3c2CCCCCC3)C[C@@H]2CCNC[C@@H]12. The van der Waals surface area contributed by atoms with Crippen LogP contribution < -0.4 is 5.32 Å². The Morgan fingerprint density at radius 1 is 1.00 bits per heavy atom. The molecule has 0 amide bonds. The van der Waals surface area contributed by atoms with E-state index in [1.807, 2.05) is 0 Å². The molecule has 2 N–H and O–H groups in total. The molecular formula is C17H24N2O. The number of nitrogens with one attached hydrogen (secondary N) is 2. The Labute approximate surface area is 120 Å². The zero-order valence-electron chi connectivity index (χ0n) is 12.1. The molecule has 0 spiro atoms. The number of hydrogen-bond donors (Lipinski definition) is 2. The van der Waals surface area contributed by atoms with E-state index in [1.54, 1.807) is 0 Å². The van der Waals surface area contributed by atoms with Gasteiger partial charge in [0.2, 0.25) is 0 Å². The van der Waals surface area contributed by atoms with Crippen molar-refractivity contribution in [3.63, 3.8) is 0 Å². The molecule has 1 saturated heterocycles. The number of aryl methyl sites for hydroxylation is 1. The van der Waals surface area contributed by atoms with Gasteiger partial charge >= 0.3 is 0 Å². The molecule has 2 atom stereocenters. The molecule has 0 saturated carbocycles. The summed E-state index contributed by atoms with van der Waals surface area (Å²) < 4.78 is 0. The van der Waals surface area contributed by atoms with Crippen LogP contribution >= 0.6 is 0 Å². The van der Waals surface area contributed by atoms with E-state index in [-0.39, 0.29) is 5.92 Å². The number of H-pyrrole nitrogens is 1. The van der Waals surface area contributed by atoms with Crippen molar-refractivity contribution in [3.05, 3.63) is 22.5 Å². The highest BCUT2D eigenvalue weighted by molar-refractivity contribution is 6.02. The highest BCUT2D eigenvalue weighted by Gasteiger charge is 2.39. The van der Waals surface area contributed by atoms with Crippen LogP contribution in [0.1, 0.15) is 59.4 Å². The summed E-state index contributed by atoms with van der Waals surface area (Å²) in [5.41, 5.74) is 5.14. The van der Waals surface area contributed by atoms with Gasteiger partial charge < -0.3 is 10.3 Å². The van der Waals surface area contributed by atoms with Gasteiger partial charge in [0.15, 0.2) is 5.78 Å². The first-order valence-corrected chi connectivity index (χ1v) is 8.32. The first-order valence-electron chi connectivity index (χ1n) is 8.32. The maximum atomic E-state index is 12.9. The van der Waals surface area contributed by atoms with Crippen LogP contribution in [0.15, 0.2) is 0 Å². The smallest absolute Gasteiger partial charge is 0.169 e. The monoisotopic (exact) mass is 272 g/mol. The molecule has 20 heavy (non-hydrogen) atoms. The molecule has 0 unspecified atom stereocenters. The third kappa shape index (κ3) is 1.95. The van der Waals surface area contributed by atoms with E-state index in [2.05, 4.69) is 10.3 Å². The Hall–Kier alpha value is -1.09. The Morgan fingerprint density at radius 2 is 1.85 bits per heavy atom. The van der Waals surface area contributed by atoms with Crippen molar-refractivity contribution in [1.29, 1.82) is 0 Å². The lowest BCUT2D eigenvalue weighted by Gasteiger charge is -2.34. The molecule has 2 heterocycles. The lowest BCUT2D eigenvalue weighted by atomic mass is 9.73. The van der Waals surface area contributed by atoms with Crippen LogP contribution in [0.25, 0.3) is 0 Å². The van der Waals surface area contributed by atoms with E-state index in [0.717, 1.165) is 44.3 Å². The summed E-state index contributed by atoms with van der Waals surface area (Å²) in [6, 6.07) is 0. The molecule has 0 aromatic carbocycles. The normalized spacial score (nSPS) is 29.9. The third-order valence-corrected chi connectivity index (χ3v) is 5.55. The lowest BCUT2D eigenvalue weighted by molar-refractivity contribution is 0.0817. The summed E-state index contributed by atoms with van der Waals surface area (Å²) in [6.45, 7) is 1.97. The van der Waals surface area contributed by atoms with Crippen molar-refractivity contribution < 1.29 is 4.79 Å². The van der Waals surface area contributed by atoms with Gasteiger partial charge in [0, 0.05) is 29.4 Å². The fraction of sp³-hybridized carbons (Fsp3) is 0.706. The van der Waals surface area contributed by atoms with Crippen LogP contribution in [0.5, 0.6) is 0 Å². The number of aromatic amines is 1. The molecule has 1 fully saturated rings. The number of piperidine rings is 1. The quantitative estimate of drug-likeness (QED) is 0.762. The molecule has 0 radical (unpaired) electrons. The van der Waals surface area contributed by atoms with Crippen LogP contribution in [0.4, 0.5) is 0 Å². The second-order valence-electron chi connectivity index (χ2n) is 6.78. The average Bonchev–Trinajstić information content (AvgIpc) is 2.76. The van der Waals surface area contributed by atoms with E-state index >= 15 is 0 Å². The second kappa shape index (κ2) is 5.03. The van der Waals surface area contributed by atoms with Crippen LogP contribution in [-0.4, -0.2) is 23.9 Å². The van der Waals surface area contributed by atoms with Crippen molar-refractivity contribution in [1.82, 2.24) is 10.3 Å². The molecule has 0 bridgehead atoms. The molecule has 108 valence electrons. The minimum atomic E-state index is 0.238. The Kier molecular flexibility index (Phi) is 3.18. The summed E-state index contributed by atoms with van der Waals surface area (Å²) in [4.78, 5) is 16.6. The molecule has 3 heteroatoms. The summed E-state index contributed by atoms with van der Waals surface area (Å²) in [5, 5.41) is 3.41. The summed E-state index contributed by atoms with van der Waals surface area (Å²) in [6.07, 6.45) is 9.68. The van der Waals surface area contributed by atoms with Crippen LogP contribution in [0.2, 0.25) is 0 Å². The van der Waals surface area contributed by atoms with E-state index in [0.29, 0.717) is 11.7 Å². The number of hydrogen-bond acceptors (Lipinski definition) is 2. The Morgan fingerprint density at radius 3 is 2.75 bits per heavy atom. The molecule has 3 aliphatic rings. The van der Waals surface area contributed by atoms with Gasteiger partial charge in [-0.15, -0.1) is 0 Å². The molecule has 1 aromatic rings. The molecule has 1 aliphatic heterocycles. The van der Waals surface area contributed by atoms with E-state index in [9.17, 15) is 4.79 Å². The zero-order valence-corrected chi connectivity index (χ0v) is 12.1. The highest BCUT2D eigenvalue weighted by atomic mass is 16.1. The molecule has 3 nitrogen and oxygen atoms in total. The molecule has 4 rings (SSSR count). The van der Waals surface area contributed by atoms with Gasteiger partial charge in [-0.3, -0.25) is 4.79 Å². The van der Waals surface area contributed by atoms with Crippen LogP contribution in [0, 0.1) is 11.8 Å². The van der Waals surface area contributed by atoms with Gasteiger partial charge in [-0.05, 0) is 56.6 Å². The number of fused-ring (bicyclic) bond motifs is 4. The van der Waals surface area contributed by atoms with Crippen molar-refractivity contribution in [2.24, 2.45) is 11.8 Å². The summed E-state index contributed by atoms with van der Waals surface area (Å²) >= 11 is 0. The van der Waals surface area contributed by atoms with Gasteiger partial charge in [-0.2, -0.15) is 0 Å². The lowest BCUT2D eigenvalue weighted by Crippen LogP contribution is -2.44. The van der Waals surface area contributed by atoms with Crippen molar-refractivity contribution >= 4 is 5.78 Å². The summed E-state index contributed by atoms with van der Waals surface area (Å²) in [7, 11) is 0. The molecular weight excluding hydrogens is 248 g/mol. The van der Waals surface area contributed by atoms with Crippen molar-refractivity contribution in [3.8, 4) is 0 Å². The first-order chi connectivity index (χ1) is 9.84. The second-order valence-corrected chi connectivity index (χ2v) is 6.78. The van der Waals surface area contributed by atoms with E-state index in [4.69, 9.17) is 0 Å². The van der Waals surface area contributed by atoms with Crippen molar-refractivity contribution in [2.75, 3.05) is 13.1 Å². The minimum Gasteiger partial charge on any atom is -0.361 e. The minimum absolute atomic E-state index is 0.238. The highest BCUT2D eigenvalue weighted by Crippen LogP contribution is 2.37. The van der Waals surface area contributed by atoms with Gasteiger partial charge in [0.1, 0.15) is 0 Å². The fourth-order valence-corrected chi connectivity index (χ4v) is 4.46. The summed E-state index contributed by atoms with van der Waals surface area (Å²) in [5.74, 6) is 1.24. The van der Waals surface area contributed by atoms with Gasteiger partial charge in [0.05, 0.1) is 0 Å². The third-order valence-electron chi connectivity index (χ3n) is 5.55. The number of ketones is 1. The van der Waals surface area contributed by atoms with Gasteiger partial charge in [0.25, 0.3) is 0 Å². The fourth-order valence-electron chi connectivity index (χ4n) is 4.46. The van der Waals surface area contributed by atoms with Crippen molar-refractivity contribution in [2.45, 2.75) is 51.4 Å². The number of carbonyl (C=O) groups excluding carboxylic acids is 1. The first kappa shape index (κ1) is 12.6. The van der Waals surface area contributed by atoms with Crippen LogP contribution in [0.3, 0.4) is 0 Å². The predicted molar refractivity (Wildman–Crippen MR) is 79.2 cm³/mol. The van der Waals surface area contributed by atoms with Gasteiger partial charge in [-0.1, -0.05) is 12.8 Å². The number of rotatable bonds is 0. The van der Waals surface area contributed by atoms with E-state index < -0.39 is 0 Å². The average molecular weight is 272 g/mol. The molecule has 2 aliphatic carbocycles. The zero-order chi connectivity index (χ0) is 13.5. The Bertz CT molecular complexity index is 531. The Balaban J connectivity index is 1.75. The number of Topliss-reactive ketones (excluding diaryl/α,β-unsaturated/α-hetero) is 1. The molecule has 1 aromatic heterocycles. The number of aromatic nitrogens is 1. The topological polar surface area (TPSA) is 44.9 Å². The predicted octanol–water partition coefficient (Wildman–Crippen LogP) is 2.64. The maximum absolute atomic E-state index is 12.9.